The molecule has 0 fully saturated rings. The van der Waals surface area contributed by atoms with E-state index in [1.165, 1.54) is 0 Å². The third-order valence-electron chi connectivity index (χ3n) is 7.19. The molecular weight excluding hydrogens is 716 g/mol. The number of methoxy groups -OCH3 is 2. The highest BCUT2D eigenvalue weighted by atomic mass is 32.2. The zero-order valence-corrected chi connectivity index (χ0v) is 26.6. The standard InChI is InChI=1S/C30H30F12O6S/c1-47-23-15-17(27(31,32)33)13-19(29(37,38)39)25(23)21(43)9-5-3-7-11-49(45,46)12-8-4-6-10-22(44)26-20(30(40,41)42)14-18(28(34,35)36)16-24(26)48-2/h13-16H,3-12H2,1-2H3. The van der Waals surface area contributed by atoms with Crippen molar-refractivity contribution in [1.82, 2.24) is 0 Å². The van der Waals surface area contributed by atoms with Crippen LogP contribution < -0.4 is 9.47 Å². The van der Waals surface area contributed by atoms with Gasteiger partial charge in [-0.05, 0) is 49.9 Å². The molecule has 6 nitrogen and oxygen atoms in total. The van der Waals surface area contributed by atoms with Gasteiger partial charge in [0.05, 0.1) is 59.1 Å². The number of hydrogen-bond acceptors (Lipinski definition) is 6. The van der Waals surface area contributed by atoms with Gasteiger partial charge in [0.1, 0.15) is 21.3 Å². The van der Waals surface area contributed by atoms with E-state index in [1.54, 1.807) is 0 Å². The number of carbonyl (C=O) groups is 2. The molecule has 0 atom stereocenters. The fourth-order valence-corrected chi connectivity index (χ4v) is 6.32. The van der Waals surface area contributed by atoms with Gasteiger partial charge in [-0.3, -0.25) is 9.59 Å². The van der Waals surface area contributed by atoms with Gasteiger partial charge in [0.15, 0.2) is 11.6 Å². The first-order valence-corrected chi connectivity index (χ1v) is 16.1. The van der Waals surface area contributed by atoms with E-state index >= 15 is 0 Å². The Morgan fingerprint density at radius 1 is 0.531 bits per heavy atom. The molecule has 276 valence electrons. The normalized spacial score (nSPS) is 13.0. The van der Waals surface area contributed by atoms with Crippen molar-refractivity contribution in [2.75, 3.05) is 25.7 Å². The van der Waals surface area contributed by atoms with Gasteiger partial charge in [0.25, 0.3) is 0 Å². The number of rotatable bonds is 16. The lowest BCUT2D eigenvalue weighted by Gasteiger charge is -2.18. The van der Waals surface area contributed by atoms with Gasteiger partial charge in [-0.15, -0.1) is 0 Å². The summed E-state index contributed by atoms with van der Waals surface area (Å²) in [6.45, 7) is 0. The summed E-state index contributed by atoms with van der Waals surface area (Å²) < 4.78 is 194. The molecule has 2 aromatic rings. The SMILES string of the molecule is COc1cc(C(F)(F)F)cc(C(F)(F)F)c1C(=O)CCCCCS(=O)(=O)CCCCCC(=O)c1c(OC)cc(C(F)(F)F)cc1C(F)(F)F. The molecule has 0 N–H and O–H groups in total. The molecule has 0 bridgehead atoms. The second-order valence-corrected chi connectivity index (χ2v) is 13.1. The number of Topliss-reactive ketones (excluding diaryl/α,β-unsaturated/α-hetero) is 2. The maximum atomic E-state index is 13.5. The lowest BCUT2D eigenvalue weighted by atomic mass is 9.95. The monoisotopic (exact) mass is 746 g/mol. The number of ketones is 2. The lowest BCUT2D eigenvalue weighted by molar-refractivity contribution is -0.145. The second-order valence-electron chi connectivity index (χ2n) is 10.8. The Balaban J connectivity index is 1.91. The van der Waals surface area contributed by atoms with Crippen LogP contribution in [0.4, 0.5) is 52.7 Å². The average molecular weight is 747 g/mol. The second kappa shape index (κ2) is 16.0. The number of alkyl halides is 12. The molecule has 0 aliphatic rings. The van der Waals surface area contributed by atoms with Crippen LogP contribution >= 0.6 is 0 Å². The van der Waals surface area contributed by atoms with Crippen LogP contribution in [0.5, 0.6) is 11.5 Å². The summed E-state index contributed by atoms with van der Waals surface area (Å²) in [6, 6.07) is 0.166. The van der Waals surface area contributed by atoms with E-state index in [4.69, 9.17) is 0 Å². The number of sulfone groups is 1. The maximum absolute atomic E-state index is 13.5. The number of carbonyl (C=O) groups excluding carboxylic acids is 2. The van der Waals surface area contributed by atoms with Gasteiger partial charge in [-0.25, -0.2) is 8.42 Å². The van der Waals surface area contributed by atoms with Crippen molar-refractivity contribution >= 4 is 21.4 Å². The third-order valence-corrected chi connectivity index (χ3v) is 9.01. The van der Waals surface area contributed by atoms with Gasteiger partial charge in [0.2, 0.25) is 0 Å². The molecule has 0 unspecified atom stereocenters. The Kier molecular flexibility index (Phi) is 13.6. The summed E-state index contributed by atoms with van der Waals surface area (Å²) in [5, 5.41) is 0. The molecule has 0 aliphatic carbocycles. The molecule has 0 spiro atoms. The molecule has 0 radical (unpaired) electrons. The van der Waals surface area contributed by atoms with Crippen molar-refractivity contribution in [2.24, 2.45) is 0 Å². The minimum atomic E-state index is -5.32. The predicted molar refractivity (Wildman–Crippen MR) is 150 cm³/mol. The summed E-state index contributed by atoms with van der Waals surface area (Å²) in [6.07, 6.45) is -22.2. The summed E-state index contributed by atoms with van der Waals surface area (Å²) in [5.74, 6) is -4.98. The van der Waals surface area contributed by atoms with Gasteiger partial charge >= 0.3 is 24.7 Å². The van der Waals surface area contributed by atoms with Crippen LogP contribution in [0.2, 0.25) is 0 Å². The number of unbranched alkanes of at least 4 members (excludes halogenated alkanes) is 4. The topological polar surface area (TPSA) is 86.7 Å². The summed E-state index contributed by atoms with van der Waals surface area (Å²) in [4.78, 5) is 25.2. The Hall–Kier alpha value is -3.51. The van der Waals surface area contributed by atoms with E-state index in [1.807, 2.05) is 0 Å². The first kappa shape index (κ1) is 41.7. The molecule has 2 rings (SSSR count). The average Bonchev–Trinajstić information content (AvgIpc) is 2.97. The molecule has 0 aromatic heterocycles. The number of hydrogen-bond donors (Lipinski definition) is 0. The number of benzene rings is 2. The predicted octanol–water partition coefficient (Wildman–Crippen LogP) is 9.38. The zero-order valence-electron chi connectivity index (χ0n) is 25.8. The van der Waals surface area contributed by atoms with Crippen LogP contribution in [0.25, 0.3) is 0 Å². The van der Waals surface area contributed by atoms with Crippen molar-refractivity contribution in [1.29, 1.82) is 0 Å². The smallest absolute Gasteiger partial charge is 0.417 e. The highest BCUT2D eigenvalue weighted by Gasteiger charge is 2.43. The Morgan fingerprint density at radius 2 is 0.857 bits per heavy atom. The molecule has 0 aliphatic heterocycles. The van der Waals surface area contributed by atoms with Crippen molar-refractivity contribution in [3.8, 4) is 11.5 Å². The molecular formula is C30H30F12O6S. The van der Waals surface area contributed by atoms with Crippen LogP contribution in [-0.4, -0.2) is 45.7 Å². The molecule has 0 heterocycles. The van der Waals surface area contributed by atoms with Crippen molar-refractivity contribution in [2.45, 2.75) is 76.1 Å². The van der Waals surface area contributed by atoms with Crippen LogP contribution in [0.1, 0.15) is 94.3 Å². The number of ether oxygens (including phenoxy) is 2. The largest absolute Gasteiger partial charge is 0.496 e. The summed E-state index contributed by atoms with van der Waals surface area (Å²) in [5.41, 5.74) is -9.15. The van der Waals surface area contributed by atoms with E-state index in [9.17, 15) is 70.7 Å². The van der Waals surface area contributed by atoms with Gasteiger partial charge in [-0.1, -0.05) is 12.8 Å². The Labute approximate surface area is 272 Å². The third kappa shape index (κ3) is 11.8. The molecule has 0 saturated heterocycles. The highest BCUT2D eigenvalue weighted by Crippen LogP contribution is 2.43. The first-order valence-electron chi connectivity index (χ1n) is 14.3. The molecule has 49 heavy (non-hydrogen) atoms. The minimum absolute atomic E-state index is 0.0295. The van der Waals surface area contributed by atoms with Crippen LogP contribution in [0.3, 0.4) is 0 Å². The molecule has 0 amide bonds. The fourth-order valence-electron chi connectivity index (χ4n) is 4.82. The van der Waals surface area contributed by atoms with E-state index < -0.39 is 115 Å². The Bertz CT molecular complexity index is 1480. The molecule has 2 aromatic carbocycles. The summed E-state index contributed by atoms with van der Waals surface area (Å²) >= 11 is 0. The van der Waals surface area contributed by atoms with Gasteiger partial charge in [0, 0.05) is 12.8 Å². The molecule has 0 saturated carbocycles. The van der Waals surface area contributed by atoms with Crippen molar-refractivity contribution < 1.29 is 80.2 Å². The zero-order chi connectivity index (χ0) is 37.6. The highest BCUT2D eigenvalue weighted by molar-refractivity contribution is 7.91. The van der Waals surface area contributed by atoms with Crippen molar-refractivity contribution in [3.63, 3.8) is 0 Å². The van der Waals surface area contributed by atoms with Crippen LogP contribution in [-0.2, 0) is 34.5 Å². The quantitative estimate of drug-likeness (QED) is 0.0967. The van der Waals surface area contributed by atoms with E-state index in [0.29, 0.717) is 0 Å². The van der Waals surface area contributed by atoms with Gasteiger partial charge < -0.3 is 9.47 Å². The van der Waals surface area contributed by atoms with Gasteiger partial charge in [-0.2, -0.15) is 52.7 Å². The fraction of sp³-hybridized carbons (Fsp3) is 0.533. The number of halogens is 12. The maximum Gasteiger partial charge on any atom is 0.417 e. The lowest BCUT2D eigenvalue weighted by Crippen LogP contribution is -2.18. The van der Waals surface area contributed by atoms with Crippen LogP contribution in [0, 0.1) is 0 Å². The van der Waals surface area contributed by atoms with Crippen LogP contribution in [0.15, 0.2) is 24.3 Å². The van der Waals surface area contributed by atoms with E-state index in [2.05, 4.69) is 9.47 Å². The Morgan fingerprint density at radius 3 is 1.12 bits per heavy atom. The minimum Gasteiger partial charge on any atom is -0.496 e. The van der Waals surface area contributed by atoms with Crippen molar-refractivity contribution in [3.05, 3.63) is 57.6 Å². The first-order chi connectivity index (χ1) is 22.3. The van der Waals surface area contributed by atoms with E-state index in [-0.39, 0.29) is 62.8 Å². The molecule has 19 heteroatoms. The van der Waals surface area contributed by atoms with E-state index in [0.717, 1.165) is 14.2 Å². The summed E-state index contributed by atoms with van der Waals surface area (Å²) in [7, 11) is -2.12.